The summed E-state index contributed by atoms with van der Waals surface area (Å²) in [5.74, 6) is 0.249. The van der Waals surface area contributed by atoms with E-state index in [4.69, 9.17) is 18.6 Å². The fourth-order valence-corrected chi connectivity index (χ4v) is 2.07. The molecule has 5 heteroatoms. The average molecular weight is 366 g/mol. The van der Waals surface area contributed by atoms with Crippen LogP contribution in [0.3, 0.4) is 0 Å². The Labute approximate surface area is 146 Å². The monoisotopic (exact) mass is 365 g/mol. The van der Waals surface area contributed by atoms with Crippen LogP contribution >= 0.6 is 18.6 Å². The molecule has 0 aliphatic carbocycles. The second-order valence-electron chi connectivity index (χ2n) is 4.38. The first-order valence-electron chi connectivity index (χ1n) is 6.52. The van der Waals surface area contributed by atoms with E-state index in [1.165, 1.54) is 0 Å². The molecule has 2 nitrogen and oxygen atoms in total. The van der Waals surface area contributed by atoms with Gasteiger partial charge in [-0.05, 0) is 29.0 Å². The van der Waals surface area contributed by atoms with Gasteiger partial charge in [-0.3, -0.25) is 4.99 Å². The van der Waals surface area contributed by atoms with Gasteiger partial charge in [0.25, 0.3) is 0 Å². The van der Waals surface area contributed by atoms with E-state index in [0.29, 0.717) is 0 Å². The molecule has 0 saturated carbocycles. The molecular formula is C17H13Cl2NOTi. The number of hydrogen-bond acceptors (Lipinski definition) is 2. The molecule has 0 unspecified atom stereocenters. The third-order valence-electron chi connectivity index (χ3n) is 3.05. The van der Waals surface area contributed by atoms with Gasteiger partial charge < -0.3 is 5.11 Å². The summed E-state index contributed by atoms with van der Waals surface area (Å²) in [4.78, 5) is 4.40. The maximum absolute atomic E-state index is 10.00. The molecule has 3 rings (SSSR count). The first kappa shape index (κ1) is 17.0. The van der Waals surface area contributed by atoms with Crippen molar-refractivity contribution in [2.24, 2.45) is 4.99 Å². The Bertz CT molecular complexity index is 763. The number of hydrogen-bond donors (Lipinski definition) is 1. The normalized spacial score (nSPS) is 10.3. The zero-order valence-corrected chi connectivity index (χ0v) is 14.7. The number of phenols is 1. The van der Waals surface area contributed by atoms with Crippen LogP contribution in [0, 0.1) is 0 Å². The second kappa shape index (κ2) is 8.97. The van der Waals surface area contributed by atoms with Gasteiger partial charge in [0.15, 0.2) is 0 Å². The van der Waals surface area contributed by atoms with Crippen LogP contribution in [0.5, 0.6) is 5.75 Å². The van der Waals surface area contributed by atoms with E-state index in [9.17, 15) is 5.11 Å². The van der Waals surface area contributed by atoms with Crippen molar-refractivity contribution in [3.63, 3.8) is 0 Å². The number of halogens is 2. The van der Waals surface area contributed by atoms with Gasteiger partial charge in [0.2, 0.25) is 0 Å². The molecule has 110 valence electrons. The molecule has 0 aliphatic heterocycles. The molecule has 3 aromatic carbocycles. The predicted molar refractivity (Wildman–Crippen MR) is 91.0 cm³/mol. The van der Waals surface area contributed by atoms with Crippen LogP contribution in [0.1, 0.15) is 5.56 Å². The SMILES string of the molecule is Oc1ccc2ccccc2c1C=Nc1ccccc1.[Cl][Ti][Cl]. The molecule has 0 aliphatic rings. The van der Waals surface area contributed by atoms with Crippen LogP contribution in [-0.4, -0.2) is 11.3 Å². The third kappa shape index (κ3) is 4.59. The van der Waals surface area contributed by atoms with Crippen LogP contribution in [0.15, 0.2) is 71.7 Å². The number of aromatic hydroxyl groups is 1. The first-order chi connectivity index (χ1) is 10.8. The molecule has 3 aromatic rings. The van der Waals surface area contributed by atoms with E-state index in [-0.39, 0.29) is 5.75 Å². The van der Waals surface area contributed by atoms with Crippen LogP contribution < -0.4 is 0 Å². The van der Waals surface area contributed by atoms with Crippen molar-refractivity contribution in [3.05, 3.63) is 72.3 Å². The fraction of sp³-hybridized carbons (Fsp3) is 0. The molecule has 22 heavy (non-hydrogen) atoms. The topological polar surface area (TPSA) is 32.6 Å². The van der Waals surface area contributed by atoms with Gasteiger partial charge in [0.05, 0.1) is 5.69 Å². The molecule has 0 spiro atoms. The summed E-state index contributed by atoms with van der Waals surface area (Å²) < 4.78 is 0. The van der Waals surface area contributed by atoms with E-state index in [1.54, 1.807) is 12.3 Å². The molecule has 0 atom stereocenters. The Morgan fingerprint density at radius 1 is 0.864 bits per heavy atom. The van der Waals surface area contributed by atoms with Crippen molar-refractivity contribution in [1.82, 2.24) is 0 Å². The quantitative estimate of drug-likeness (QED) is 0.460. The maximum atomic E-state index is 10.00. The van der Waals surface area contributed by atoms with Crippen molar-refractivity contribution in [3.8, 4) is 5.75 Å². The summed E-state index contributed by atoms with van der Waals surface area (Å²) in [6, 6.07) is 21.3. The van der Waals surface area contributed by atoms with Gasteiger partial charge in [-0.1, -0.05) is 48.5 Å². The molecule has 0 fully saturated rings. The third-order valence-corrected chi connectivity index (χ3v) is 3.05. The van der Waals surface area contributed by atoms with E-state index in [1.807, 2.05) is 60.7 Å². The second-order valence-corrected chi connectivity index (χ2v) is 6.96. The molecule has 0 heterocycles. The average Bonchev–Trinajstić information content (AvgIpc) is 2.56. The van der Waals surface area contributed by atoms with Crippen molar-refractivity contribution in [1.29, 1.82) is 0 Å². The standard InChI is InChI=1S/C17H13NO.2ClH.Ti/c19-17-11-10-13-6-4-5-9-15(13)16(17)12-18-14-7-2-1-3-8-14;;;/h1-12,19H;2*1H;/q;;;+2/p-2. The predicted octanol–water partition coefficient (Wildman–Crippen LogP) is 5.67. The van der Waals surface area contributed by atoms with Crippen molar-refractivity contribution in [2.75, 3.05) is 0 Å². The van der Waals surface area contributed by atoms with E-state index in [0.717, 1.165) is 22.0 Å². The van der Waals surface area contributed by atoms with Crippen LogP contribution in [0.25, 0.3) is 10.8 Å². The Balaban J connectivity index is 0.000000545. The first-order valence-corrected chi connectivity index (χ1v) is 10.8. The minimum absolute atomic E-state index is 0.249. The molecule has 0 aromatic heterocycles. The Hall–Kier alpha value is -1.32. The molecular weight excluding hydrogens is 353 g/mol. The van der Waals surface area contributed by atoms with E-state index in [2.05, 4.69) is 4.99 Å². The summed E-state index contributed by atoms with van der Waals surface area (Å²) in [6.45, 7) is 0. The minimum atomic E-state index is -0.556. The zero-order chi connectivity index (χ0) is 15.8. The molecule has 1 N–H and O–H groups in total. The fourth-order valence-electron chi connectivity index (χ4n) is 2.07. The van der Waals surface area contributed by atoms with Crippen LogP contribution in [0.2, 0.25) is 0 Å². The summed E-state index contributed by atoms with van der Waals surface area (Å²) in [6.07, 6.45) is 1.72. The van der Waals surface area contributed by atoms with Crippen LogP contribution in [0.4, 0.5) is 5.69 Å². The van der Waals surface area contributed by atoms with Gasteiger partial charge >= 0.3 is 35.6 Å². The van der Waals surface area contributed by atoms with Gasteiger partial charge in [-0.2, -0.15) is 0 Å². The molecule has 0 saturated heterocycles. The van der Waals surface area contributed by atoms with Crippen molar-refractivity contribution >= 4 is 41.3 Å². The number of phenolic OH excluding ortho intramolecular Hbond substituents is 1. The van der Waals surface area contributed by atoms with Gasteiger partial charge in [-0.15, -0.1) is 0 Å². The van der Waals surface area contributed by atoms with Crippen LogP contribution in [-0.2, 0) is 17.0 Å². The Kier molecular flexibility index (Phi) is 6.95. The van der Waals surface area contributed by atoms with Gasteiger partial charge in [-0.25, -0.2) is 0 Å². The van der Waals surface area contributed by atoms with Gasteiger partial charge in [0.1, 0.15) is 5.75 Å². The molecule has 0 amide bonds. The van der Waals surface area contributed by atoms with Crippen molar-refractivity contribution in [2.45, 2.75) is 0 Å². The summed E-state index contributed by atoms with van der Waals surface area (Å²) in [7, 11) is 9.78. The Morgan fingerprint density at radius 3 is 2.23 bits per heavy atom. The van der Waals surface area contributed by atoms with Crippen molar-refractivity contribution < 1.29 is 22.1 Å². The number of rotatable bonds is 2. The van der Waals surface area contributed by atoms with E-state index >= 15 is 0 Å². The number of fused-ring (bicyclic) bond motifs is 1. The molecule has 0 bridgehead atoms. The van der Waals surface area contributed by atoms with E-state index < -0.39 is 17.0 Å². The molecule has 0 radical (unpaired) electrons. The summed E-state index contributed by atoms with van der Waals surface area (Å²) in [5, 5.41) is 12.1. The number of nitrogens with zero attached hydrogens (tertiary/aromatic N) is 1. The zero-order valence-electron chi connectivity index (χ0n) is 11.6. The Morgan fingerprint density at radius 2 is 1.50 bits per heavy atom. The number of aliphatic imine (C=N–C) groups is 1. The number of benzene rings is 3. The summed E-state index contributed by atoms with van der Waals surface area (Å²) >= 11 is -0.556. The summed E-state index contributed by atoms with van der Waals surface area (Å²) in [5.41, 5.74) is 1.62. The number of para-hydroxylation sites is 1. The van der Waals surface area contributed by atoms with Gasteiger partial charge in [0, 0.05) is 11.8 Å².